The van der Waals surface area contributed by atoms with Gasteiger partial charge in [0.25, 0.3) is 0 Å². The van der Waals surface area contributed by atoms with Gasteiger partial charge in [0.1, 0.15) is 0 Å². The van der Waals surface area contributed by atoms with E-state index in [-0.39, 0.29) is 11.6 Å². The zero-order valence-electron chi connectivity index (χ0n) is 8.47. The van der Waals surface area contributed by atoms with Crippen molar-refractivity contribution in [2.75, 3.05) is 19.6 Å². The normalized spacial score (nSPS) is 17.6. The predicted octanol–water partition coefficient (Wildman–Crippen LogP) is 0.529. The fourth-order valence-electron chi connectivity index (χ4n) is 1.34. The fourth-order valence-corrected chi connectivity index (χ4v) is 1.34. The smallest absolute Gasteiger partial charge is 0.317 e. The molecule has 1 rings (SSSR count). The van der Waals surface area contributed by atoms with Crippen LogP contribution in [0.4, 0.5) is 4.79 Å². The standard InChI is InChI=1S/C9H19N3O/c1-9(2,10)7-11-8(13)12-5-3-4-6-12/h3-7,10H2,1-2H3,(H,11,13). The Bertz CT molecular complexity index is 180. The minimum Gasteiger partial charge on any atom is -0.336 e. The van der Waals surface area contributed by atoms with Crippen molar-refractivity contribution >= 4 is 6.03 Å². The summed E-state index contributed by atoms with van der Waals surface area (Å²) < 4.78 is 0. The number of carbonyl (C=O) groups is 1. The molecule has 0 spiro atoms. The highest BCUT2D eigenvalue weighted by molar-refractivity contribution is 5.74. The maximum Gasteiger partial charge on any atom is 0.317 e. The second-order valence-corrected chi connectivity index (χ2v) is 4.34. The Morgan fingerprint density at radius 1 is 1.46 bits per heavy atom. The molecule has 0 aromatic carbocycles. The predicted molar refractivity (Wildman–Crippen MR) is 52.5 cm³/mol. The molecule has 0 unspecified atom stereocenters. The molecule has 0 aliphatic carbocycles. The van der Waals surface area contributed by atoms with Crippen molar-refractivity contribution in [1.29, 1.82) is 0 Å². The molecule has 2 amide bonds. The lowest BCUT2D eigenvalue weighted by Gasteiger charge is -2.22. The third-order valence-electron chi connectivity index (χ3n) is 2.09. The molecule has 0 saturated carbocycles. The molecule has 0 atom stereocenters. The van der Waals surface area contributed by atoms with Gasteiger partial charge in [0.05, 0.1) is 0 Å². The van der Waals surface area contributed by atoms with Crippen molar-refractivity contribution in [3.8, 4) is 0 Å². The van der Waals surface area contributed by atoms with Gasteiger partial charge in [0.15, 0.2) is 0 Å². The molecule has 0 bridgehead atoms. The summed E-state index contributed by atoms with van der Waals surface area (Å²) in [7, 11) is 0. The monoisotopic (exact) mass is 185 g/mol. The van der Waals surface area contributed by atoms with Crippen LogP contribution in [0.2, 0.25) is 0 Å². The second-order valence-electron chi connectivity index (χ2n) is 4.34. The van der Waals surface area contributed by atoms with Crippen molar-refractivity contribution in [3.05, 3.63) is 0 Å². The van der Waals surface area contributed by atoms with Gasteiger partial charge in [-0.1, -0.05) is 0 Å². The highest BCUT2D eigenvalue weighted by Gasteiger charge is 2.19. The van der Waals surface area contributed by atoms with Gasteiger partial charge in [-0.15, -0.1) is 0 Å². The average Bonchev–Trinajstić information content (AvgIpc) is 2.50. The van der Waals surface area contributed by atoms with Crippen LogP contribution in [-0.2, 0) is 0 Å². The molecule has 1 saturated heterocycles. The number of nitrogens with zero attached hydrogens (tertiary/aromatic N) is 1. The summed E-state index contributed by atoms with van der Waals surface area (Å²) in [5, 5.41) is 2.83. The summed E-state index contributed by atoms with van der Waals surface area (Å²) in [6.45, 7) is 6.10. The summed E-state index contributed by atoms with van der Waals surface area (Å²) in [5.74, 6) is 0. The molecular weight excluding hydrogens is 166 g/mol. The third-order valence-corrected chi connectivity index (χ3v) is 2.09. The number of hydrogen-bond acceptors (Lipinski definition) is 2. The number of nitrogens with two attached hydrogens (primary N) is 1. The number of nitrogens with one attached hydrogen (secondary N) is 1. The summed E-state index contributed by atoms with van der Waals surface area (Å²) in [6.07, 6.45) is 2.25. The number of amides is 2. The molecule has 3 N–H and O–H groups in total. The van der Waals surface area contributed by atoms with Crippen molar-refractivity contribution in [2.45, 2.75) is 32.2 Å². The highest BCUT2D eigenvalue weighted by Crippen LogP contribution is 2.07. The molecule has 1 heterocycles. The van der Waals surface area contributed by atoms with E-state index in [2.05, 4.69) is 5.32 Å². The van der Waals surface area contributed by atoms with Crippen molar-refractivity contribution in [2.24, 2.45) is 5.73 Å². The van der Waals surface area contributed by atoms with Gasteiger partial charge in [-0.05, 0) is 26.7 Å². The molecule has 0 radical (unpaired) electrons. The van der Waals surface area contributed by atoms with E-state index < -0.39 is 0 Å². The quantitative estimate of drug-likeness (QED) is 0.659. The van der Waals surface area contributed by atoms with Gasteiger partial charge < -0.3 is 16.0 Å². The molecule has 13 heavy (non-hydrogen) atoms. The van der Waals surface area contributed by atoms with Crippen LogP contribution < -0.4 is 11.1 Å². The molecular formula is C9H19N3O. The van der Waals surface area contributed by atoms with Crippen molar-refractivity contribution in [1.82, 2.24) is 10.2 Å². The molecule has 1 aliphatic rings. The van der Waals surface area contributed by atoms with Gasteiger partial charge in [-0.3, -0.25) is 0 Å². The van der Waals surface area contributed by atoms with Crippen LogP contribution in [0.3, 0.4) is 0 Å². The van der Waals surface area contributed by atoms with Gasteiger partial charge in [-0.25, -0.2) is 4.79 Å². The number of rotatable bonds is 2. The van der Waals surface area contributed by atoms with E-state index in [1.54, 1.807) is 0 Å². The molecule has 1 fully saturated rings. The minimum atomic E-state index is -0.324. The van der Waals surface area contributed by atoms with Crippen LogP contribution in [0.1, 0.15) is 26.7 Å². The first-order chi connectivity index (χ1) is 5.99. The lowest BCUT2D eigenvalue weighted by Crippen LogP contribution is -2.48. The van der Waals surface area contributed by atoms with Gasteiger partial charge in [0, 0.05) is 25.2 Å². The summed E-state index contributed by atoms with van der Waals surface area (Å²) in [4.78, 5) is 13.3. The average molecular weight is 185 g/mol. The van der Waals surface area contributed by atoms with Gasteiger partial charge in [-0.2, -0.15) is 0 Å². The van der Waals surface area contributed by atoms with E-state index in [9.17, 15) is 4.79 Å². The first kappa shape index (κ1) is 10.3. The van der Waals surface area contributed by atoms with E-state index in [1.165, 1.54) is 0 Å². The number of carbonyl (C=O) groups excluding carboxylic acids is 1. The Balaban J connectivity index is 2.25. The van der Waals surface area contributed by atoms with Crippen LogP contribution in [0.5, 0.6) is 0 Å². The molecule has 76 valence electrons. The molecule has 4 heteroatoms. The summed E-state index contributed by atoms with van der Waals surface area (Å²) in [6, 6.07) is 0.0241. The van der Waals surface area contributed by atoms with E-state index in [0.29, 0.717) is 6.54 Å². The van der Waals surface area contributed by atoms with Gasteiger partial charge in [0.2, 0.25) is 0 Å². The topological polar surface area (TPSA) is 58.4 Å². The van der Waals surface area contributed by atoms with Crippen molar-refractivity contribution < 1.29 is 4.79 Å². The minimum absolute atomic E-state index is 0.0241. The van der Waals surface area contributed by atoms with Crippen LogP contribution in [0, 0.1) is 0 Å². The van der Waals surface area contributed by atoms with Crippen LogP contribution in [0.15, 0.2) is 0 Å². The molecule has 0 aromatic heterocycles. The first-order valence-electron chi connectivity index (χ1n) is 4.81. The molecule has 1 aliphatic heterocycles. The lowest BCUT2D eigenvalue weighted by atomic mass is 10.1. The largest absolute Gasteiger partial charge is 0.336 e. The number of hydrogen-bond donors (Lipinski definition) is 2. The Hall–Kier alpha value is -0.770. The van der Waals surface area contributed by atoms with E-state index >= 15 is 0 Å². The summed E-state index contributed by atoms with van der Waals surface area (Å²) in [5.41, 5.74) is 5.43. The number of likely N-dealkylation sites (tertiary alicyclic amines) is 1. The maximum absolute atomic E-state index is 11.5. The van der Waals surface area contributed by atoms with Gasteiger partial charge >= 0.3 is 6.03 Å². The fraction of sp³-hybridized carbons (Fsp3) is 0.889. The van der Waals surface area contributed by atoms with E-state index in [0.717, 1.165) is 25.9 Å². The SMILES string of the molecule is CC(C)(N)CNC(=O)N1CCCC1. The Labute approximate surface area is 79.5 Å². The van der Waals surface area contributed by atoms with Crippen molar-refractivity contribution in [3.63, 3.8) is 0 Å². The second kappa shape index (κ2) is 3.96. The first-order valence-corrected chi connectivity index (χ1v) is 4.81. The summed E-state index contributed by atoms with van der Waals surface area (Å²) >= 11 is 0. The van der Waals surface area contributed by atoms with Crippen LogP contribution in [-0.4, -0.2) is 36.1 Å². The Kier molecular flexibility index (Phi) is 3.14. The number of urea groups is 1. The molecule has 4 nitrogen and oxygen atoms in total. The van der Waals surface area contributed by atoms with Crippen LogP contribution in [0.25, 0.3) is 0 Å². The maximum atomic E-state index is 11.5. The Morgan fingerprint density at radius 3 is 2.46 bits per heavy atom. The zero-order valence-corrected chi connectivity index (χ0v) is 8.47. The van der Waals surface area contributed by atoms with Crippen LogP contribution >= 0.6 is 0 Å². The zero-order chi connectivity index (χ0) is 9.90. The Morgan fingerprint density at radius 2 is 2.00 bits per heavy atom. The highest BCUT2D eigenvalue weighted by atomic mass is 16.2. The lowest BCUT2D eigenvalue weighted by molar-refractivity contribution is 0.206. The molecule has 0 aromatic rings. The third kappa shape index (κ3) is 3.63. The van der Waals surface area contributed by atoms with E-state index in [4.69, 9.17) is 5.73 Å². The van der Waals surface area contributed by atoms with E-state index in [1.807, 2.05) is 18.7 Å².